The zero-order chi connectivity index (χ0) is 13.6. The van der Waals surface area contributed by atoms with Gasteiger partial charge < -0.3 is 19.7 Å². The third-order valence-corrected chi connectivity index (χ3v) is 3.40. The van der Waals surface area contributed by atoms with Gasteiger partial charge in [0.05, 0.1) is 12.2 Å². The number of nitrogens with zero attached hydrogens (tertiary/aromatic N) is 1. The molecule has 1 aliphatic rings. The van der Waals surface area contributed by atoms with Crippen molar-refractivity contribution in [1.82, 2.24) is 10.2 Å². The van der Waals surface area contributed by atoms with E-state index in [1.54, 1.807) is 7.11 Å². The summed E-state index contributed by atoms with van der Waals surface area (Å²) in [7, 11) is 1.69. The fraction of sp³-hybridized carbons (Fsp3) is 0.923. The van der Waals surface area contributed by atoms with Gasteiger partial charge in [0, 0.05) is 33.3 Å². The van der Waals surface area contributed by atoms with Gasteiger partial charge in [0.25, 0.3) is 5.91 Å². The van der Waals surface area contributed by atoms with Crippen LogP contribution in [0.2, 0.25) is 0 Å². The van der Waals surface area contributed by atoms with E-state index in [9.17, 15) is 4.79 Å². The summed E-state index contributed by atoms with van der Waals surface area (Å²) in [5, 5.41) is 3.23. The Morgan fingerprint density at radius 1 is 1.39 bits per heavy atom. The summed E-state index contributed by atoms with van der Waals surface area (Å²) < 4.78 is 10.9. The molecule has 5 nitrogen and oxygen atoms in total. The van der Waals surface area contributed by atoms with Crippen LogP contribution in [0.15, 0.2) is 0 Å². The summed E-state index contributed by atoms with van der Waals surface area (Å²) in [5.74, 6) is 0.0896. The molecule has 0 radical (unpaired) electrons. The second kappa shape index (κ2) is 7.07. The van der Waals surface area contributed by atoms with Crippen LogP contribution in [0.1, 0.15) is 27.2 Å². The number of carbonyl (C=O) groups is 1. The third kappa shape index (κ3) is 4.92. The molecule has 0 saturated carbocycles. The predicted octanol–water partition coefficient (Wildman–Crippen LogP) is 0.638. The highest BCUT2D eigenvalue weighted by atomic mass is 16.5. The largest absolute Gasteiger partial charge is 0.379 e. The van der Waals surface area contributed by atoms with Gasteiger partial charge in [0.2, 0.25) is 0 Å². The van der Waals surface area contributed by atoms with Crippen LogP contribution in [0.4, 0.5) is 0 Å². The highest BCUT2D eigenvalue weighted by Crippen LogP contribution is 2.13. The standard InChI is InChI=1S/C13H26N2O3/c1-11(18-10-5-13(2,3)17-4)12(16)15-8-6-14-7-9-15/h11,14H,5-10H2,1-4H3. The zero-order valence-corrected chi connectivity index (χ0v) is 12.0. The van der Waals surface area contributed by atoms with E-state index in [4.69, 9.17) is 9.47 Å². The molecule has 1 aliphatic heterocycles. The van der Waals surface area contributed by atoms with Gasteiger partial charge in [-0.05, 0) is 27.2 Å². The molecular formula is C13H26N2O3. The van der Waals surface area contributed by atoms with Crippen molar-refractivity contribution in [3.63, 3.8) is 0 Å². The minimum atomic E-state index is -0.365. The molecular weight excluding hydrogens is 232 g/mol. The second-order valence-corrected chi connectivity index (χ2v) is 5.30. The highest BCUT2D eigenvalue weighted by Gasteiger charge is 2.23. The monoisotopic (exact) mass is 258 g/mol. The van der Waals surface area contributed by atoms with Crippen molar-refractivity contribution in [1.29, 1.82) is 0 Å². The van der Waals surface area contributed by atoms with E-state index >= 15 is 0 Å². The Labute approximate surface area is 110 Å². The van der Waals surface area contributed by atoms with Gasteiger partial charge in [-0.1, -0.05) is 0 Å². The van der Waals surface area contributed by atoms with Gasteiger partial charge in [-0.15, -0.1) is 0 Å². The lowest BCUT2D eigenvalue weighted by Crippen LogP contribution is -2.49. The molecule has 1 atom stereocenters. The van der Waals surface area contributed by atoms with E-state index in [1.807, 2.05) is 25.7 Å². The number of ether oxygens (including phenoxy) is 2. The lowest BCUT2D eigenvalue weighted by molar-refractivity contribution is -0.144. The number of hydrogen-bond acceptors (Lipinski definition) is 4. The summed E-state index contributed by atoms with van der Waals surface area (Å²) in [5.41, 5.74) is -0.197. The Hall–Kier alpha value is -0.650. The van der Waals surface area contributed by atoms with Gasteiger partial charge in [-0.25, -0.2) is 0 Å². The van der Waals surface area contributed by atoms with E-state index in [2.05, 4.69) is 5.32 Å². The molecule has 0 spiro atoms. The van der Waals surface area contributed by atoms with Crippen molar-refractivity contribution < 1.29 is 14.3 Å². The number of nitrogens with one attached hydrogen (secondary N) is 1. The molecule has 1 saturated heterocycles. The first-order chi connectivity index (χ1) is 8.46. The quantitative estimate of drug-likeness (QED) is 0.759. The van der Waals surface area contributed by atoms with Gasteiger partial charge in [-0.3, -0.25) is 4.79 Å². The molecule has 1 rings (SSSR count). The van der Waals surface area contributed by atoms with Crippen LogP contribution >= 0.6 is 0 Å². The third-order valence-electron chi connectivity index (χ3n) is 3.40. The van der Waals surface area contributed by atoms with Crippen LogP contribution < -0.4 is 5.32 Å². The topological polar surface area (TPSA) is 50.8 Å². The average molecular weight is 258 g/mol. The first kappa shape index (κ1) is 15.4. The van der Waals surface area contributed by atoms with E-state index in [1.165, 1.54) is 0 Å². The van der Waals surface area contributed by atoms with Crippen LogP contribution in [-0.2, 0) is 14.3 Å². The van der Waals surface area contributed by atoms with Crippen molar-refractivity contribution in [2.24, 2.45) is 0 Å². The normalized spacial score (nSPS) is 18.8. The lowest BCUT2D eigenvalue weighted by Gasteiger charge is -2.30. The van der Waals surface area contributed by atoms with E-state index in [0.717, 1.165) is 32.6 Å². The van der Waals surface area contributed by atoms with Crippen molar-refractivity contribution in [3.8, 4) is 0 Å². The van der Waals surface area contributed by atoms with Crippen molar-refractivity contribution in [2.75, 3.05) is 39.9 Å². The summed E-state index contributed by atoms with van der Waals surface area (Å²) in [6.07, 6.45) is 0.415. The maximum atomic E-state index is 12.1. The second-order valence-electron chi connectivity index (χ2n) is 5.30. The number of carbonyl (C=O) groups excluding carboxylic acids is 1. The molecule has 1 heterocycles. The number of amides is 1. The molecule has 18 heavy (non-hydrogen) atoms. The minimum absolute atomic E-state index is 0.0896. The first-order valence-electron chi connectivity index (χ1n) is 6.62. The predicted molar refractivity (Wildman–Crippen MR) is 70.6 cm³/mol. The maximum Gasteiger partial charge on any atom is 0.251 e. The molecule has 0 bridgehead atoms. The molecule has 0 aromatic carbocycles. The van der Waals surface area contributed by atoms with Gasteiger partial charge in [0.1, 0.15) is 6.10 Å². The number of piperazine rings is 1. The molecule has 0 aliphatic carbocycles. The van der Waals surface area contributed by atoms with Crippen LogP contribution in [-0.4, -0.2) is 62.4 Å². The maximum absolute atomic E-state index is 12.1. The van der Waals surface area contributed by atoms with E-state index in [0.29, 0.717) is 6.61 Å². The Balaban J connectivity index is 2.27. The Morgan fingerprint density at radius 3 is 2.56 bits per heavy atom. The molecule has 1 fully saturated rings. The number of rotatable bonds is 6. The average Bonchev–Trinajstić information content (AvgIpc) is 2.38. The molecule has 1 amide bonds. The fourth-order valence-corrected chi connectivity index (χ4v) is 1.80. The molecule has 1 N–H and O–H groups in total. The minimum Gasteiger partial charge on any atom is -0.379 e. The number of methoxy groups -OCH3 is 1. The molecule has 1 unspecified atom stereocenters. The van der Waals surface area contributed by atoms with Gasteiger partial charge >= 0.3 is 0 Å². The molecule has 106 valence electrons. The smallest absolute Gasteiger partial charge is 0.251 e. The van der Waals surface area contributed by atoms with Crippen molar-refractivity contribution >= 4 is 5.91 Å². The number of hydrogen-bond donors (Lipinski definition) is 1. The van der Waals surface area contributed by atoms with Crippen LogP contribution in [0.5, 0.6) is 0 Å². The highest BCUT2D eigenvalue weighted by molar-refractivity contribution is 5.80. The summed E-state index contributed by atoms with van der Waals surface area (Å²) >= 11 is 0. The fourth-order valence-electron chi connectivity index (χ4n) is 1.80. The van der Waals surface area contributed by atoms with E-state index < -0.39 is 0 Å². The lowest BCUT2D eigenvalue weighted by atomic mass is 10.1. The van der Waals surface area contributed by atoms with Gasteiger partial charge in [-0.2, -0.15) is 0 Å². The first-order valence-corrected chi connectivity index (χ1v) is 6.62. The Bertz CT molecular complexity index is 263. The Morgan fingerprint density at radius 2 is 2.00 bits per heavy atom. The summed E-state index contributed by atoms with van der Waals surface area (Å²) in [4.78, 5) is 13.9. The van der Waals surface area contributed by atoms with Gasteiger partial charge in [0.15, 0.2) is 0 Å². The summed E-state index contributed by atoms with van der Waals surface area (Å²) in [6.45, 7) is 9.68. The Kier molecular flexibility index (Phi) is 6.05. The van der Waals surface area contributed by atoms with Crippen LogP contribution in [0.3, 0.4) is 0 Å². The van der Waals surface area contributed by atoms with Crippen LogP contribution in [0.25, 0.3) is 0 Å². The summed E-state index contributed by atoms with van der Waals surface area (Å²) in [6, 6.07) is 0. The SMILES string of the molecule is COC(C)(C)CCOC(C)C(=O)N1CCNCC1. The molecule has 5 heteroatoms. The zero-order valence-electron chi connectivity index (χ0n) is 12.0. The molecule has 0 aromatic rings. The molecule has 0 aromatic heterocycles. The van der Waals surface area contributed by atoms with Crippen LogP contribution in [0, 0.1) is 0 Å². The van der Waals surface area contributed by atoms with Crippen molar-refractivity contribution in [2.45, 2.75) is 38.9 Å². The van der Waals surface area contributed by atoms with Crippen molar-refractivity contribution in [3.05, 3.63) is 0 Å². The van der Waals surface area contributed by atoms with E-state index in [-0.39, 0.29) is 17.6 Å².